The first-order chi connectivity index (χ1) is 7.95. The molecule has 0 amide bonds. The lowest BCUT2D eigenvalue weighted by Gasteiger charge is -1.99. The SMILES string of the molecule is CCCc1nc(S(N)(=O)=O)c2c(F)cccn12. The third kappa shape index (κ3) is 2.03. The van der Waals surface area contributed by atoms with Crippen molar-refractivity contribution >= 4 is 15.5 Å². The molecule has 92 valence electrons. The van der Waals surface area contributed by atoms with E-state index in [2.05, 4.69) is 4.98 Å². The predicted octanol–water partition coefficient (Wildman–Crippen LogP) is 1.07. The van der Waals surface area contributed by atoms with Gasteiger partial charge in [-0.25, -0.2) is 22.9 Å². The van der Waals surface area contributed by atoms with Gasteiger partial charge in [-0.2, -0.15) is 0 Å². The summed E-state index contributed by atoms with van der Waals surface area (Å²) in [5.74, 6) is -0.155. The number of rotatable bonds is 3. The van der Waals surface area contributed by atoms with Crippen LogP contribution in [-0.4, -0.2) is 17.8 Å². The molecule has 0 saturated heterocycles. The summed E-state index contributed by atoms with van der Waals surface area (Å²) in [5, 5.41) is 4.63. The minimum absolute atomic E-state index is 0.0848. The second-order valence-corrected chi connectivity index (χ2v) is 5.18. The normalized spacial score (nSPS) is 12.2. The van der Waals surface area contributed by atoms with E-state index in [0.29, 0.717) is 12.2 Å². The minimum Gasteiger partial charge on any atom is -0.300 e. The van der Waals surface area contributed by atoms with E-state index >= 15 is 0 Å². The summed E-state index contributed by atoms with van der Waals surface area (Å²) in [6, 6.07) is 2.68. The molecular weight excluding hydrogens is 245 g/mol. The molecule has 7 heteroatoms. The van der Waals surface area contributed by atoms with Crippen molar-refractivity contribution in [2.45, 2.75) is 24.8 Å². The van der Waals surface area contributed by atoms with E-state index in [1.54, 1.807) is 6.20 Å². The van der Waals surface area contributed by atoms with Gasteiger partial charge in [0.05, 0.1) is 0 Å². The average Bonchev–Trinajstić information content (AvgIpc) is 2.59. The second kappa shape index (κ2) is 4.08. The molecule has 0 saturated carbocycles. The molecule has 0 unspecified atom stereocenters. The minimum atomic E-state index is -4.02. The van der Waals surface area contributed by atoms with Crippen LogP contribution in [0.25, 0.3) is 5.52 Å². The van der Waals surface area contributed by atoms with Crippen LogP contribution in [0.3, 0.4) is 0 Å². The summed E-state index contributed by atoms with van der Waals surface area (Å²) in [6.45, 7) is 1.93. The molecule has 0 bridgehead atoms. The Morgan fingerprint density at radius 1 is 1.53 bits per heavy atom. The molecule has 5 nitrogen and oxygen atoms in total. The number of primary sulfonamides is 1. The van der Waals surface area contributed by atoms with Crippen LogP contribution in [0.1, 0.15) is 19.2 Å². The van der Waals surface area contributed by atoms with E-state index in [0.717, 1.165) is 6.42 Å². The Morgan fingerprint density at radius 2 is 2.24 bits per heavy atom. The molecular formula is C10H12FN3O2S. The maximum absolute atomic E-state index is 13.6. The highest BCUT2D eigenvalue weighted by Gasteiger charge is 2.21. The first kappa shape index (κ1) is 12.0. The van der Waals surface area contributed by atoms with Crippen LogP contribution < -0.4 is 5.14 Å². The van der Waals surface area contributed by atoms with Gasteiger partial charge < -0.3 is 0 Å². The number of hydrogen-bond acceptors (Lipinski definition) is 3. The van der Waals surface area contributed by atoms with Crippen LogP contribution in [0, 0.1) is 5.82 Å². The zero-order valence-corrected chi connectivity index (χ0v) is 10.0. The Labute approximate surface area is 98.1 Å². The molecule has 0 aliphatic carbocycles. The van der Waals surface area contributed by atoms with Crippen molar-refractivity contribution in [1.82, 2.24) is 9.38 Å². The van der Waals surface area contributed by atoms with Crippen LogP contribution in [0.5, 0.6) is 0 Å². The number of sulfonamides is 1. The summed E-state index contributed by atoms with van der Waals surface area (Å²) in [6.07, 6.45) is 2.91. The molecule has 0 aromatic carbocycles. The highest BCUT2D eigenvalue weighted by molar-refractivity contribution is 7.89. The van der Waals surface area contributed by atoms with E-state index in [4.69, 9.17) is 5.14 Å². The van der Waals surface area contributed by atoms with Gasteiger partial charge in [0.1, 0.15) is 17.2 Å². The Balaban J connectivity index is 2.86. The fraction of sp³-hybridized carbons (Fsp3) is 0.300. The second-order valence-electron chi connectivity index (χ2n) is 3.70. The van der Waals surface area contributed by atoms with Crippen LogP contribution in [-0.2, 0) is 16.4 Å². The van der Waals surface area contributed by atoms with Crippen molar-refractivity contribution in [1.29, 1.82) is 0 Å². The van der Waals surface area contributed by atoms with Crippen molar-refractivity contribution in [2.75, 3.05) is 0 Å². The number of fused-ring (bicyclic) bond motifs is 1. The molecule has 0 aliphatic rings. The van der Waals surface area contributed by atoms with Gasteiger partial charge in [-0.05, 0) is 18.6 Å². The van der Waals surface area contributed by atoms with Crippen molar-refractivity contribution in [3.63, 3.8) is 0 Å². The Hall–Kier alpha value is -1.47. The van der Waals surface area contributed by atoms with Crippen LogP contribution in [0.2, 0.25) is 0 Å². The van der Waals surface area contributed by atoms with Crippen LogP contribution in [0.4, 0.5) is 4.39 Å². The van der Waals surface area contributed by atoms with Crippen LogP contribution >= 0.6 is 0 Å². The zero-order valence-electron chi connectivity index (χ0n) is 9.22. The lowest BCUT2D eigenvalue weighted by atomic mass is 10.3. The largest absolute Gasteiger partial charge is 0.300 e. The summed E-state index contributed by atoms with van der Waals surface area (Å²) in [7, 11) is -4.02. The third-order valence-electron chi connectivity index (χ3n) is 2.40. The monoisotopic (exact) mass is 257 g/mol. The van der Waals surface area contributed by atoms with Gasteiger partial charge >= 0.3 is 0 Å². The summed E-state index contributed by atoms with van der Waals surface area (Å²) >= 11 is 0. The first-order valence-electron chi connectivity index (χ1n) is 5.13. The Kier molecular flexibility index (Phi) is 2.88. The molecule has 2 rings (SSSR count). The molecule has 0 atom stereocenters. The number of aromatic nitrogens is 2. The summed E-state index contributed by atoms with van der Waals surface area (Å²) in [4.78, 5) is 3.92. The maximum Gasteiger partial charge on any atom is 0.257 e. The molecule has 2 aromatic heterocycles. The molecule has 2 aromatic rings. The van der Waals surface area contributed by atoms with E-state index in [1.165, 1.54) is 16.5 Å². The van der Waals surface area contributed by atoms with Gasteiger partial charge in [0.2, 0.25) is 0 Å². The van der Waals surface area contributed by atoms with E-state index in [-0.39, 0.29) is 5.52 Å². The first-order valence-corrected chi connectivity index (χ1v) is 6.68. The highest BCUT2D eigenvalue weighted by atomic mass is 32.2. The molecule has 2 N–H and O–H groups in total. The van der Waals surface area contributed by atoms with E-state index in [1.807, 2.05) is 6.92 Å². The molecule has 17 heavy (non-hydrogen) atoms. The fourth-order valence-corrected chi connectivity index (χ4v) is 2.42. The number of imidazole rings is 1. The zero-order chi connectivity index (χ0) is 12.6. The molecule has 2 heterocycles. The number of hydrogen-bond donors (Lipinski definition) is 1. The quantitative estimate of drug-likeness (QED) is 0.893. The Bertz CT molecular complexity index is 663. The number of pyridine rings is 1. The van der Waals surface area contributed by atoms with Gasteiger partial charge in [-0.15, -0.1) is 0 Å². The summed E-state index contributed by atoms with van der Waals surface area (Å²) < 4.78 is 37.8. The average molecular weight is 257 g/mol. The van der Waals surface area contributed by atoms with Gasteiger partial charge in [-0.1, -0.05) is 6.92 Å². The number of nitrogens with zero attached hydrogens (tertiary/aromatic N) is 2. The smallest absolute Gasteiger partial charge is 0.257 e. The van der Waals surface area contributed by atoms with Crippen molar-refractivity contribution in [3.05, 3.63) is 30.0 Å². The molecule has 0 spiro atoms. The number of aryl methyl sites for hydroxylation is 1. The van der Waals surface area contributed by atoms with Gasteiger partial charge in [-0.3, -0.25) is 4.40 Å². The standard InChI is InChI=1S/C10H12FN3O2S/c1-2-4-8-13-10(17(12,15)16)9-7(11)5-3-6-14(8)9/h3,5-6H,2,4H2,1H3,(H2,12,15,16). The lowest BCUT2D eigenvalue weighted by molar-refractivity contribution is 0.593. The number of nitrogens with two attached hydrogens (primary N) is 1. The highest BCUT2D eigenvalue weighted by Crippen LogP contribution is 2.20. The fourth-order valence-electron chi connectivity index (χ4n) is 1.72. The molecule has 0 radical (unpaired) electrons. The lowest BCUT2D eigenvalue weighted by Crippen LogP contribution is -2.13. The van der Waals surface area contributed by atoms with Crippen molar-refractivity contribution in [3.8, 4) is 0 Å². The summed E-state index contributed by atoms with van der Waals surface area (Å²) in [5.41, 5.74) is -0.0848. The predicted molar refractivity (Wildman–Crippen MR) is 60.5 cm³/mol. The van der Waals surface area contributed by atoms with Gasteiger partial charge in [0, 0.05) is 12.6 Å². The van der Waals surface area contributed by atoms with Crippen LogP contribution in [0.15, 0.2) is 23.4 Å². The van der Waals surface area contributed by atoms with Crippen molar-refractivity contribution in [2.24, 2.45) is 5.14 Å². The molecule has 0 fully saturated rings. The van der Waals surface area contributed by atoms with E-state index in [9.17, 15) is 12.8 Å². The molecule has 0 aliphatic heterocycles. The van der Waals surface area contributed by atoms with Crippen molar-refractivity contribution < 1.29 is 12.8 Å². The van der Waals surface area contributed by atoms with E-state index < -0.39 is 20.9 Å². The maximum atomic E-state index is 13.6. The van der Waals surface area contributed by atoms with Gasteiger partial charge in [0.25, 0.3) is 10.0 Å². The topological polar surface area (TPSA) is 77.5 Å². The third-order valence-corrected chi connectivity index (χ3v) is 3.22. The van der Waals surface area contributed by atoms with Gasteiger partial charge in [0.15, 0.2) is 5.03 Å². The Morgan fingerprint density at radius 3 is 2.82 bits per heavy atom. The number of halogens is 1.